The van der Waals surface area contributed by atoms with E-state index in [1.165, 1.54) is 11.3 Å². The number of aliphatic hydroxyl groups excluding tert-OH is 1. The molecule has 1 N–H and O–H groups in total. The summed E-state index contributed by atoms with van der Waals surface area (Å²) in [5, 5.41) is 9.30. The van der Waals surface area contributed by atoms with Gasteiger partial charge in [-0.05, 0) is 23.8 Å². The zero-order valence-corrected chi connectivity index (χ0v) is 10.9. The number of anilines is 1. The third-order valence-electron chi connectivity index (χ3n) is 3.21. The SMILES string of the molecule is CN(CC(C)(C)CO)c1ccc2c(c1)CCO2. The van der Waals surface area contributed by atoms with E-state index in [1.807, 2.05) is 6.07 Å². The predicted octanol–water partition coefficient (Wildman–Crippen LogP) is 2.08. The van der Waals surface area contributed by atoms with Gasteiger partial charge in [0.05, 0.1) is 6.61 Å². The zero-order chi connectivity index (χ0) is 12.5. The molecule has 0 amide bonds. The summed E-state index contributed by atoms with van der Waals surface area (Å²) in [6.07, 6.45) is 1.00. The second kappa shape index (κ2) is 4.57. The third-order valence-corrected chi connectivity index (χ3v) is 3.21. The lowest BCUT2D eigenvalue weighted by Gasteiger charge is -2.30. The van der Waals surface area contributed by atoms with Gasteiger partial charge in [-0.1, -0.05) is 13.8 Å². The maximum absolute atomic E-state index is 9.30. The second-order valence-electron chi connectivity index (χ2n) is 5.57. The summed E-state index contributed by atoms with van der Waals surface area (Å²) in [6.45, 7) is 5.97. The molecule has 0 fully saturated rings. The van der Waals surface area contributed by atoms with Crippen LogP contribution in [0.1, 0.15) is 19.4 Å². The van der Waals surface area contributed by atoms with Crippen LogP contribution in [0.2, 0.25) is 0 Å². The van der Waals surface area contributed by atoms with Crippen molar-refractivity contribution in [2.75, 3.05) is 31.7 Å². The number of ether oxygens (including phenoxy) is 1. The molecule has 2 rings (SSSR count). The Morgan fingerprint density at radius 1 is 1.41 bits per heavy atom. The van der Waals surface area contributed by atoms with Crippen molar-refractivity contribution >= 4 is 5.69 Å². The Morgan fingerprint density at radius 3 is 2.88 bits per heavy atom. The third kappa shape index (κ3) is 2.72. The van der Waals surface area contributed by atoms with E-state index < -0.39 is 0 Å². The normalized spacial score (nSPS) is 14.4. The van der Waals surface area contributed by atoms with Crippen LogP contribution in [0.25, 0.3) is 0 Å². The van der Waals surface area contributed by atoms with Crippen LogP contribution in [-0.4, -0.2) is 31.9 Å². The first-order valence-corrected chi connectivity index (χ1v) is 6.09. The van der Waals surface area contributed by atoms with Crippen LogP contribution in [0.15, 0.2) is 18.2 Å². The van der Waals surface area contributed by atoms with E-state index in [0.29, 0.717) is 0 Å². The molecule has 1 aliphatic rings. The molecule has 0 unspecified atom stereocenters. The van der Waals surface area contributed by atoms with Crippen LogP contribution in [0, 0.1) is 5.41 Å². The fraction of sp³-hybridized carbons (Fsp3) is 0.571. The van der Waals surface area contributed by atoms with Crippen LogP contribution < -0.4 is 9.64 Å². The highest BCUT2D eigenvalue weighted by atomic mass is 16.5. The number of nitrogens with zero attached hydrogens (tertiary/aromatic N) is 1. The summed E-state index contributed by atoms with van der Waals surface area (Å²) in [7, 11) is 2.06. The summed E-state index contributed by atoms with van der Waals surface area (Å²) in [4.78, 5) is 2.19. The van der Waals surface area contributed by atoms with Gasteiger partial charge < -0.3 is 14.7 Å². The van der Waals surface area contributed by atoms with Gasteiger partial charge in [0, 0.05) is 37.7 Å². The van der Waals surface area contributed by atoms with Gasteiger partial charge in [0.25, 0.3) is 0 Å². The molecule has 0 bridgehead atoms. The second-order valence-corrected chi connectivity index (χ2v) is 5.57. The lowest BCUT2D eigenvalue weighted by Crippen LogP contribution is -2.33. The Kier molecular flexibility index (Phi) is 3.29. The Hall–Kier alpha value is -1.22. The molecule has 1 aliphatic heterocycles. The smallest absolute Gasteiger partial charge is 0.122 e. The summed E-state index contributed by atoms with van der Waals surface area (Å²) in [5.41, 5.74) is 2.40. The number of rotatable bonds is 4. The van der Waals surface area contributed by atoms with E-state index in [0.717, 1.165) is 25.3 Å². The lowest BCUT2D eigenvalue weighted by molar-refractivity contribution is 0.165. The van der Waals surface area contributed by atoms with Crippen LogP contribution >= 0.6 is 0 Å². The maximum atomic E-state index is 9.30. The van der Waals surface area contributed by atoms with Crippen LogP contribution in [0.4, 0.5) is 5.69 Å². The molecule has 0 radical (unpaired) electrons. The molecule has 3 heteroatoms. The number of benzene rings is 1. The van der Waals surface area contributed by atoms with Gasteiger partial charge in [-0.25, -0.2) is 0 Å². The predicted molar refractivity (Wildman–Crippen MR) is 69.8 cm³/mol. The lowest BCUT2D eigenvalue weighted by atomic mass is 9.94. The molecular weight excluding hydrogens is 214 g/mol. The van der Waals surface area contributed by atoms with E-state index in [-0.39, 0.29) is 12.0 Å². The van der Waals surface area contributed by atoms with E-state index in [9.17, 15) is 5.11 Å². The van der Waals surface area contributed by atoms with Gasteiger partial charge in [0.15, 0.2) is 0 Å². The molecule has 0 aromatic heterocycles. The van der Waals surface area contributed by atoms with E-state index >= 15 is 0 Å². The largest absolute Gasteiger partial charge is 0.493 e. The average molecular weight is 235 g/mol. The topological polar surface area (TPSA) is 32.7 Å². The molecule has 0 aliphatic carbocycles. The van der Waals surface area contributed by atoms with Crippen molar-refractivity contribution in [2.45, 2.75) is 20.3 Å². The van der Waals surface area contributed by atoms with Gasteiger partial charge in [-0.3, -0.25) is 0 Å². The summed E-state index contributed by atoms with van der Waals surface area (Å²) >= 11 is 0. The van der Waals surface area contributed by atoms with Gasteiger partial charge in [0.2, 0.25) is 0 Å². The Balaban J connectivity index is 2.12. The number of hydrogen-bond acceptors (Lipinski definition) is 3. The molecule has 0 spiro atoms. The van der Waals surface area contributed by atoms with Gasteiger partial charge in [-0.15, -0.1) is 0 Å². The van der Waals surface area contributed by atoms with E-state index in [4.69, 9.17) is 4.74 Å². The van der Waals surface area contributed by atoms with Gasteiger partial charge in [-0.2, -0.15) is 0 Å². The minimum Gasteiger partial charge on any atom is -0.493 e. The number of fused-ring (bicyclic) bond motifs is 1. The van der Waals surface area contributed by atoms with Gasteiger partial charge in [0.1, 0.15) is 5.75 Å². The van der Waals surface area contributed by atoms with Crippen molar-refractivity contribution in [1.29, 1.82) is 0 Å². The molecule has 1 aromatic carbocycles. The first-order chi connectivity index (χ1) is 8.02. The Morgan fingerprint density at radius 2 is 2.18 bits per heavy atom. The van der Waals surface area contributed by atoms with Crippen molar-refractivity contribution in [2.24, 2.45) is 5.41 Å². The maximum Gasteiger partial charge on any atom is 0.122 e. The van der Waals surface area contributed by atoms with Crippen molar-refractivity contribution < 1.29 is 9.84 Å². The van der Waals surface area contributed by atoms with Crippen LogP contribution in [0.3, 0.4) is 0 Å². The minimum atomic E-state index is -0.0791. The van der Waals surface area contributed by atoms with Crippen molar-refractivity contribution in [3.63, 3.8) is 0 Å². The molecule has 1 aromatic rings. The molecule has 94 valence electrons. The Bertz CT molecular complexity index is 401. The molecule has 0 saturated carbocycles. The fourth-order valence-electron chi connectivity index (χ4n) is 2.19. The van der Waals surface area contributed by atoms with Gasteiger partial charge >= 0.3 is 0 Å². The van der Waals surface area contributed by atoms with Crippen molar-refractivity contribution in [1.82, 2.24) is 0 Å². The molecular formula is C14H21NO2. The fourth-order valence-corrected chi connectivity index (χ4v) is 2.19. The first-order valence-electron chi connectivity index (χ1n) is 6.09. The summed E-state index contributed by atoms with van der Waals surface area (Å²) in [5.74, 6) is 1.02. The molecule has 1 heterocycles. The highest BCUT2D eigenvalue weighted by molar-refractivity contribution is 5.54. The quantitative estimate of drug-likeness (QED) is 0.867. The molecule has 0 saturated heterocycles. The van der Waals surface area contributed by atoms with Crippen molar-refractivity contribution in [3.8, 4) is 5.75 Å². The molecule has 3 nitrogen and oxygen atoms in total. The molecule has 17 heavy (non-hydrogen) atoms. The highest BCUT2D eigenvalue weighted by Gasteiger charge is 2.20. The highest BCUT2D eigenvalue weighted by Crippen LogP contribution is 2.30. The minimum absolute atomic E-state index is 0.0791. The van der Waals surface area contributed by atoms with Crippen LogP contribution in [0.5, 0.6) is 5.75 Å². The monoisotopic (exact) mass is 235 g/mol. The average Bonchev–Trinajstić information content (AvgIpc) is 2.75. The number of aliphatic hydroxyl groups is 1. The Labute approximate surface area is 103 Å². The number of hydrogen-bond donors (Lipinski definition) is 1. The van der Waals surface area contributed by atoms with E-state index in [2.05, 4.69) is 37.9 Å². The first kappa shape index (κ1) is 12.2. The van der Waals surface area contributed by atoms with Crippen LogP contribution in [-0.2, 0) is 6.42 Å². The van der Waals surface area contributed by atoms with Crippen molar-refractivity contribution in [3.05, 3.63) is 23.8 Å². The standard InChI is InChI=1S/C14H21NO2/c1-14(2,10-16)9-15(3)12-4-5-13-11(8-12)6-7-17-13/h4-5,8,16H,6-7,9-10H2,1-3H3. The van der Waals surface area contributed by atoms with E-state index in [1.54, 1.807) is 0 Å². The zero-order valence-electron chi connectivity index (χ0n) is 10.9. The summed E-state index contributed by atoms with van der Waals surface area (Å²) < 4.78 is 5.50. The molecule has 0 atom stereocenters. The summed E-state index contributed by atoms with van der Waals surface area (Å²) in [6, 6.07) is 6.31.